The number of amides is 1. The van der Waals surface area contributed by atoms with Crippen LogP contribution in [0.15, 0.2) is 42.5 Å². The Hall–Kier alpha value is -1.71. The van der Waals surface area contributed by atoms with Gasteiger partial charge in [0, 0.05) is 34.6 Å². The molecule has 2 aromatic rings. The van der Waals surface area contributed by atoms with Crippen molar-refractivity contribution in [2.75, 3.05) is 13.7 Å². The number of methoxy groups -OCH3 is 1. The second kappa shape index (κ2) is 7.45. The van der Waals surface area contributed by atoms with E-state index in [4.69, 9.17) is 27.9 Å². The van der Waals surface area contributed by atoms with Crippen molar-refractivity contribution in [1.29, 1.82) is 0 Å². The Labute approximate surface area is 152 Å². The fourth-order valence-corrected chi connectivity index (χ4v) is 3.59. The van der Waals surface area contributed by atoms with E-state index in [1.165, 1.54) is 0 Å². The first-order valence-corrected chi connectivity index (χ1v) is 8.68. The van der Waals surface area contributed by atoms with Gasteiger partial charge in [-0.15, -0.1) is 0 Å². The third-order valence-electron chi connectivity index (χ3n) is 4.46. The number of carbonyl (C=O) groups excluding carboxylic acids is 1. The Morgan fingerprint density at radius 2 is 1.79 bits per heavy atom. The maximum absolute atomic E-state index is 12.7. The van der Waals surface area contributed by atoms with Gasteiger partial charge >= 0.3 is 0 Å². The van der Waals surface area contributed by atoms with Crippen molar-refractivity contribution >= 4 is 29.1 Å². The van der Waals surface area contributed by atoms with Gasteiger partial charge in [-0.3, -0.25) is 4.79 Å². The summed E-state index contributed by atoms with van der Waals surface area (Å²) in [7, 11) is 1.65. The molecule has 3 nitrogen and oxygen atoms in total. The molecule has 1 atom stereocenters. The molecule has 0 aliphatic carbocycles. The molecule has 0 radical (unpaired) electrons. The Kier molecular flexibility index (Phi) is 5.32. The number of nitrogens with zero attached hydrogens (tertiary/aromatic N) is 1. The van der Waals surface area contributed by atoms with Crippen LogP contribution < -0.4 is 4.74 Å². The van der Waals surface area contributed by atoms with Gasteiger partial charge in [-0.1, -0.05) is 41.4 Å². The van der Waals surface area contributed by atoms with Gasteiger partial charge in [0.15, 0.2) is 0 Å². The van der Waals surface area contributed by atoms with Crippen LogP contribution in [0.5, 0.6) is 5.75 Å². The topological polar surface area (TPSA) is 29.5 Å². The molecule has 24 heavy (non-hydrogen) atoms. The lowest BCUT2D eigenvalue weighted by atomic mass is 9.98. The minimum absolute atomic E-state index is 0.0136. The molecular weight excluding hydrogens is 345 g/mol. The normalized spacial score (nSPS) is 17.4. The zero-order chi connectivity index (χ0) is 17.1. The second-order valence-corrected chi connectivity index (χ2v) is 6.81. The molecule has 0 bridgehead atoms. The van der Waals surface area contributed by atoms with Crippen LogP contribution in [0.1, 0.15) is 17.5 Å². The molecule has 1 amide bonds. The molecule has 1 aliphatic heterocycles. The van der Waals surface area contributed by atoms with Gasteiger partial charge in [-0.25, -0.2) is 0 Å². The fraction of sp³-hybridized carbons (Fsp3) is 0.316. The molecule has 5 heteroatoms. The molecular formula is C19H19Cl2NO2. The van der Waals surface area contributed by atoms with Crippen molar-refractivity contribution in [2.24, 2.45) is 5.92 Å². The zero-order valence-corrected chi connectivity index (χ0v) is 15.0. The molecule has 0 aromatic heterocycles. The molecule has 1 fully saturated rings. The summed E-state index contributed by atoms with van der Waals surface area (Å²) < 4.78 is 5.17. The summed E-state index contributed by atoms with van der Waals surface area (Å²) in [5.41, 5.74) is 1.96. The zero-order valence-electron chi connectivity index (χ0n) is 13.5. The minimum Gasteiger partial charge on any atom is -0.497 e. The summed E-state index contributed by atoms with van der Waals surface area (Å²) in [6.45, 7) is 1.21. The van der Waals surface area contributed by atoms with Crippen LogP contribution in [0.2, 0.25) is 10.0 Å². The summed E-state index contributed by atoms with van der Waals surface area (Å²) in [4.78, 5) is 14.5. The molecule has 0 saturated carbocycles. The lowest BCUT2D eigenvalue weighted by Gasteiger charge is -2.18. The van der Waals surface area contributed by atoms with E-state index in [2.05, 4.69) is 0 Å². The van der Waals surface area contributed by atoms with Crippen LogP contribution in [0.4, 0.5) is 0 Å². The molecule has 1 heterocycles. The highest BCUT2D eigenvalue weighted by Gasteiger charge is 2.32. The Morgan fingerprint density at radius 3 is 2.42 bits per heavy atom. The predicted octanol–water partition coefficient (Wildman–Crippen LogP) is 4.59. The van der Waals surface area contributed by atoms with E-state index in [1.807, 2.05) is 35.2 Å². The molecule has 0 spiro atoms. The molecule has 0 N–H and O–H groups in total. The van der Waals surface area contributed by atoms with Gasteiger partial charge in [0.1, 0.15) is 5.75 Å². The number of likely N-dealkylation sites (tertiary alicyclic amines) is 1. The van der Waals surface area contributed by atoms with E-state index in [9.17, 15) is 4.79 Å². The van der Waals surface area contributed by atoms with Crippen LogP contribution in [0.3, 0.4) is 0 Å². The quantitative estimate of drug-likeness (QED) is 0.777. The average Bonchev–Trinajstić information content (AvgIpc) is 2.92. The van der Waals surface area contributed by atoms with Crippen LogP contribution in [-0.2, 0) is 17.8 Å². The predicted molar refractivity (Wildman–Crippen MR) is 96.7 cm³/mol. The number of carbonyl (C=O) groups is 1. The van der Waals surface area contributed by atoms with E-state index >= 15 is 0 Å². The van der Waals surface area contributed by atoms with Gasteiger partial charge in [0.05, 0.1) is 7.11 Å². The van der Waals surface area contributed by atoms with E-state index in [1.54, 1.807) is 19.2 Å². The lowest BCUT2D eigenvalue weighted by molar-refractivity contribution is -0.131. The SMILES string of the molecule is COc1ccc(CC2CCN(Cc3c(Cl)cccc3Cl)C2=O)cc1. The minimum atomic E-state index is 0.0136. The van der Waals surface area contributed by atoms with Gasteiger partial charge in [0.2, 0.25) is 5.91 Å². The number of ether oxygens (including phenoxy) is 1. The van der Waals surface area contributed by atoms with Crippen molar-refractivity contribution in [1.82, 2.24) is 4.90 Å². The van der Waals surface area contributed by atoms with Crippen LogP contribution in [0, 0.1) is 5.92 Å². The monoisotopic (exact) mass is 363 g/mol. The maximum atomic E-state index is 12.7. The highest BCUT2D eigenvalue weighted by molar-refractivity contribution is 6.36. The summed E-state index contributed by atoms with van der Waals surface area (Å²) >= 11 is 12.4. The lowest BCUT2D eigenvalue weighted by Crippen LogP contribution is -2.27. The molecule has 2 aromatic carbocycles. The van der Waals surface area contributed by atoms with Gasteiger partial charge in [-0.2, -0.15) is 0 Å². The van der Waals surface area contributed by atoms with Gasteiger partial charge in [0.25, 0.3) is 0 Å². The van der Waals surface area contributed by atoms with E-state index in [0.29, 0.717) is 16.6 Å². The van der Waals surface area contributed by atoms with E-state index in [0.717, 1.165) is 36.3 Å². The Morgan fingerprint density at radius 1 is 1.12 bits per heavy atom. The smallest absolute Gasteiger partial charge is 0.226 e. The first-order valence-electron chi connectivity index (χ1n) is 7.93. The largest absolute Gasteiger partial charge is 0.497 e. The van der Waals surface area contributed by atoms with Crippen molar-refractivity contribution in [3.63, 3.8) is 0 Å². The number of rotatable bonds is 5. The van der Waals surface area contributed by atoms with E-state index < -0.39 is 0 Å². The summed E-state index contributed by atoms with van der Waals surface area (Å²) in [5.74, 6) is 1.01. The molecule has 1 saturated heterocycles. The number of hydrogen-bond donors (Lipinski definition) is 0. The maximum Gasteiger partial charge on any atom is 0.226 e. The Bertz CT molecular complexity index is 710. The highest BCUT2D eigenvalue weighted by atomic mass is 35.5. The Balaban J connectivity index is 1.66. The van der Waals surface area contributed by atoms with E-state index in [-0.39, 0.29) is 11.8 Å². The van der Waals surface area contributed by atoms with Crippen LogP contribution >= 0.6 is 23.2 Å². The standard InChI is InChI=1S/C19H19Cl2NO2/c1-24-15-7-5-13(6-8-15)11-14-9-10-22(19(14)23)12-16-17(20)3-2-4-18(16)21/h2-8,14H,9-12H2,1H3. The van der Waals surface area contributed by atoms with Gasteiger partial charge in [-0.05, 0) is 42.7 Å². The van der Waals surface area contributed by atoms with Crippen molar-refractivity contribution in [2.45, 2.75) is 19.4 Å². The average molecular weight is 364 g/mol. The molecule has 1 aliphatic rings. The van der Waals surface area contributed by atoms with Crippen molar-refractivity contribution in [3.05, 3.63) is 63.6 Å². The molecule has 126 valence electrons. The number of benzene rings is 2. The third-order valence-corrected chi connectivity index (χ3v) is 5.17. The first kappa shape index (κ1) is 17.1. The fourth-order valence-electron chi connectivity index (χ4n) is 3.07. The van der Waals surface area contributed by atoms with Crippen LogP contribution in [-0.4, -0.2) is 24.5 Å². The first-order chi connectivity index (χ1) is 11.6. The van der Waals surface area contributed by atoms with Crippen molar-refractivity contribution < 1.29 is 9.53 Å². The molecule has 3 rings (SSSR count). The van der Waals surface area contributed by atoms with Crippen LogP contribution in [0.25, 0.3) is 0 Å². The van der Waals surface area contributed by atoms with Crippen molar-refractivity contribution in [3.8, 4) is 5.75 Å². The summed E-state index contributed by atoms with van der Waals surface area (Å²) in [5, 5.41) is 1.21. The van der Waals surface area contributed by atoms with Gasteiger partial charge < -0.3 is 9.64 Å². The second-order valence-electron chi connectivity index (χ2n) is 6.00. The summed E-state index contributed by atoms with van der Waals surface area (Å²) in [6, 6.07) is 13.3. The number of hydrogen-bond acceptors (Lipinski definition) is 2. The highest BCUT2D eigenvalue weighted by Crippen LogP contribution is 2.30. The third kappa shape index (κ3) is 3.68. The summed E-state index contributed by atoms with van der Waals surface area (Å²) in [6.07, 6.45) is 1.60. The molecule has 1 unspecified atom stereocenters. The number of halogens is 2.